The predicted molar refractivity (Wildman–Crippen MR) is 233 cm³/mol. The van der Waals surface area contributed by atoms with Crippen LogP contribution in [0.5, 0.6) is 0 Å². The van der Waals surface area contributed by atoms with Crippen LogP contribution in [0.4, 0.5) is 0 Å². The van der Waals surface area contributed by atoms with E-state index in [1.54, 1.807) is 0 Å². The Morgan fingerprint density at radius 2 is 0.625 bits per heavy atom. The predicted octanol–water partition coefficient (Wildman–Crippen LogP) is 13.8. The molecule has 0 aliphatic heterocycles. The minimum atomic E-state index is 0.904. The average molecular weight is 714 g/mol. The van der Waals surface area contributed by atoms with Crippen molar-refractivity contribution in [2.24, 2.45) is 0 Å². The largest absolute Gasteiger partial charge is 0.256 e. The van der Waals surface area contributed by atoms with Gasteiger partial charge >= 0.3 is 0 Å². The van der Waals surface area contributed by atoms with E-state index in [2.05, 4.69) is 174 Å². The molecular formula is C53H35N3. The van der Waals surface area contributed by atoms with Crippen LogP contribution < -0.4 is 0 Å². The van der Waals surface area contributed by atoms with Crippen LogP contribution in [0.2, 0.25) is 0 Å². The van der Waals surface area contributed by atoms with E-state index < -0.39 is 0 Å². The Kier molecular flexibility index (Phi) is 8.51. The highest BCUT2D eigenvalue weighted by Gasteiger charge is 2.15. The van der Waals surface area contributed by atoms with E-state index in [0.717, 1.165) is 56.2 Å². The van der Waals surface area contributed by atoms with Crippen LogP contribution in [0.25, 0.3) is 100.0 Å². The van der Waals surface area contributed by atoms with Crippen molar-refractivity contribution in [3.8, 4) is 78.4 Å². The lowest BCUT2D eigenvalue weighted by Crippen LogP contribution is -1.93. The van der Waals surface area contributed by atoms with Crippen molar-refractivity contribution in [2.45, 2.75) is 0 Å². The maximum Gasteiger partial charge on any atom is 0.0715 e. The Hall–Kier alpha value is -7.49. The maximum atomic E-state index is 5.32. The number of hydrogen-bond donors (Lipinski definition) is 0. The monoisotopic (exact) mass is 713 g/mol. The average Bonchev–Trinajstić information content (AvgIpc) is 3.29. The first kappa shape index (κ1) is 33.1. The number of nitrogens with zero attached hydrogens (tertiary/aromatic N) is 3. The molecule has 0 saturated heterocycles. The smallest absolute Gasteiger partial charge is 0.0715 e. The number of fused-ring (bicyclic) bond motifs is 2. The molecule has 0 N–H and O–H groups in total. The van der Waals surface area contributed by atoms with Crippen LogP contribution in [0.1, 0.15) is 0 Å². The molecular weight excluding hydrogens is 679 g/mol. The van der Waals surface area contributed by atoms with E-state index in [0.29, 0.717) is 0 Å². The first-order valence-corrected chi connectivity index (χ1v) is 18.9. The Morgan fingerprint density at radius 1 is 0.250 bits per heavy atom. The lowest BCUT2D eigenvalue weighted by atomic mass is 9.89. The van der Waals surface area contributed by atoms with Gasteiger partial charge in [-0.3, -0.25) is 9.97 Å². The van der Waals surface area contributed by atoms with Crippen molar-refractivity contribution in [3.05, 3.63) is 213 Å². The van der Waals surface area contributed by atoms with Crippen LogP contribution in [0, 0.1) is 0 Å². The van der Waals surface area contributed by atoms with E-state index in [1.807, 2.05) is 48.8 Å². The van der Waals surface area contributed by atoms with Crippen LogP contribution in [-0.4, -0.2) is 15.0 Å². The Labute approximate surface area is 326 Å². The minimum absolute atomic E-state index is 0.904. The van der Waals surface area contributed by atoms with Gasteiger partial charge < -0.3 is 0 Å². The van der Waals surface area contributed by atoms with Gasteiger partial charge in [-0.15, -0.1) is 0 Å². The van der Waals surface area contributed by atoms with Gasteiger partial charge in [0.15, 0.2) is 0 Å². The molecule has 0 amide bonds. The van der Waals surface area contributed by atoms with Gasteiger partial charge in [-0.2, -0.15) is 0 Å². The van der Waals surface area contributed by atoms with Crippen molar-refractivity contribution in [2.75, 3.05) is 0 Å². The summed E-state index contributed by atoms with van der Waals surface area (Å²) >= 11 is 0. The Bertz CT molecular complexity index is 2780. The lowest BCUT2D eigenvalue weighted by Gasteiger charge is -2.16. The fourth-order valence-electron chi connectivity index (χ4n) is 7.74. The lowest BCUT2D eigenvalue weighted by molar-refractivity contribution is 1.31. The number of pyridine rings is 3. The Morgan fingerprint density at radius 3 is 1.07 bits per heavy atom. The van der Waals surface area contributed by atoms with E-state index in [-0.39, 0.29) is 0 Å². The summed E-state index contributed by atoms with van der Waals surface area (Å²) in [5.74, 6) is 0. The SMILES string of the molecule is c1ccc(-c2ccc(-c3cc(-c4cc(-c5cccc6ccccc56)cc(-c5cccc6ccccc56)c4)cc(-c4ccc(-c5ccccn5)cc4)n3)cc2)nc1. The van der Waals surface area contributed by atoms with Gasteiger partial charge in [-0.1, -0.05) is 146 Å². The zero-order valence-electron chi connectivity index (χ0n) is 30.5. The number of hydrogen-bond acceptors (Lipinski definition) is 3. The zero-order chi connectivity index (χ0) is 37.3. The zero-order valence-corrected chi connectivity index (χ0v) is 30.5. The van der Waals surface area contributed by atoms with Crippen molar-refractivity contribution in [1.29, 1.82) is 0 Å². The molecule has 7 aromatic carbocycles. The molecule has 0 fully saturated rings. The summed E-state index contributed by atoms with van der Waals surface area (Å²) in [4.78, 5) is 14.5. The van der Waals surface area contributed by atoms with Gasteiger partial charge in [0.1, 0.15) is 0 Å². The molecule has 10 rings (SSSR count). The molecule has 0 unspecified atom stereocenters. The summed E-state index contributed by atoms with van der Waals surface area (Å²) in [7, 11) is 0. The van der Waals surface area contributed by atoms with Gasteiger partial charge in [-0.25, -0.2) is 4.98 Å². The highest BCUT2D eigenvalue weighted by atomic mass is 14.7. The van der Waals surface area contributed by atoms with Crippen molar-refractivity contribution < 1.29 is 0 Å². The van der Waals surface area contributed by atoms with Crippen molar-refractivity contribution in [1.82, 2.24) is 15.0 Å². The molecule has 0 radical (unpaired) electrons. The second-order valence-corrected chi connectivity index (χ2v) is 14.1. The quantitative estimate of drug-likeness (QED) is 0.165. The third-order valence-corrected chi connectivity index (χ3v) is 10.6. The molecule has 3 nitrogen and oxygen atoms in total. The summed E-state index contributed by atoms with van der Waals surface area (Å²) in [5.41, 5.74) is 14.9. The van der Waals surface area contributed by atoms with E-state index in [4.69, 9.17) is 4.98 Å². The van der Waals surface area contributed by atoms with Gasteiger partial charge in [0, 0.05) is 34.6 Å². The summed E-state index contributed by atoms with van der Waals surface area (Å²) < 4.78 is 0. The molecule has 0 atom stereocenters. The van der Waals surface area contributed by atoms with Crippen molar-refractivity contribution in [3.63, 3.8) is 0 Å². The third-order valence-electron chi connectivity index (χ3n) is 10.6. The number of benzene rings is 7. The molecule has 3 heterocycles. The molecule has 10 aromatic rings. The molecule has 0 aliphatic rings. The van der Waals surface area contributed by atoms with Crippen LogP contribution >= 0.6 is 0 Å². The van der Waals surface area contributed by atoms with E-state index >= 15 is 0 Å². The summed E-state index contributed by atoms with van der Waals surface area (Å²) in [5, 5.41) is 4.90. The summed E-state index contributed by atoms with van der Waals surface area (Å²) in [6, 6.07) is 71.1. The fourth-order valence-corrected chi connectivity index (χ4v) is 7.74. The maximum absolute atomic E-state index is 5.32. The van der Waals surface area contributed by atoms with Gasteiger partial charge in [-0.05, 0) is 110 Å². The summed E-state index contributed by atoms with van der Waals surface area (Å²) in [6.45, 7) is 0. The summed E-state index contributed by atoms with van der Waals surface area (Å²) in [6.07, 6.45) is 3.66. The van der Waals surface area contributed by atoms with Crippen LogP contribution in [0.15, 0.2) is 213 Å². The molecule has 0 spiro atoms. The number of aromatic nitrogens is 3. The van der Waals surface area contributed by atoms with Gasteiger partial charge in [0.25, 0.3) is 0 Å². The standard InChI is InChI=1S/C53H35N3/c1-3-15-46-36(11-1)13-9-17-48(46)44-31-42(32-45(33-44)49-18-10-14-37-12-2-4-16-47(37)49)43-34-52(40-25-21-38(22-26-40)50-19-5-7-29-54-50)56-53(35-43)41-27-23-39(24-28-41)51-20-6-8-30-55-51/h1-35H. The molecule has 3 heteroatoms. The van der Waals surface area contributed by atoms with Crippen LogP contribution in [0.3, 0.4) is 0 Å². The van der Waals surface area contributed by atoms with Crippen molar-refractivity contribution >= 4 is 21.5 Å². The highest BCUT2D eigenvalue weighted by Crippen LogP contribution is 2.40. The molecule has 0 bridgehead atoms. The Balaban J connectivity index is 1.18. The van der Waals surface area contributed by atoms with Crippen LogP contribution in [-0.2, 0) is 0 Å². The number of rotatable bonds is 7. The van der Waals surface area contributed by atoms with E-state index in [1.165, 1.54) is 43.8 Å². The first-order valence-electron chi connectivity index (χ1n) is 18.9. The first-order chi connectivity index (χ1) is 27.7. The molecule has 56 heavy (non-hydrogen) atoms. The fraction of sp³-hybridized carbons (Fsp3) is 0. The molecule has 262 valence electrons. The normalized spacial score (nSPS) is 11.2. The molecule has 0 saturated carbocycles. The highest BCUT2D eigenvalue weighted by molar-refractivity contribution is 6.01. The van der Waals surface area contributed by atoms with Gasteiger partial charge in [0.05, 0.1) is 22.8 Å². The molecule has 3 aromatic heterocycles. The second-order valence-electron chi connectivity index (χ2n) is 14.1. The topological polar surface area (TPSA) is 38.7 Å². The second kappa shape index (κ2) is 14.4. The minimum Gasteiger partial charge on any atom is -0.256 e. The van der Waals surface area contributed by atoms with E-state index in [9.17, 15) is 0 Å². The third kappa shape index (κ3) is 6.42. The molecule has 0 aliphatic carbocycles. The van der Waals surface area contributed by atoms with Gasteiger partial charge in [0.2, 0.25) is 0 Å².